The standard InChI is InChI=1S/C29H46N4O3/c1-2-3-20-33-27(35)25(26(34)23-12-6-4-7-13-23)31-28(36)29(33)16-21-32(22-17-29)19-11-10-18-30-24-14-8-5-9-15-24/h5,8-9,14-15,23,25-26,30,34H,2-4,6-7,10-13,16-22H2,1H3,(H,31,36)/t25-,26-/m1/s1. The summed E-state index contributed by atoms with van der Waals surface area (Å²) in [6.45, 7) is 6.33. The Morgan fingerprint density at radius 2 is 1.75 bits per heavy atom. The van der Waals surface area contributed by atoms with Gasteiger partial charge in [0.2, 0.25) is 11.8 Å². The summed E-state index contributed by atoms with van der Waals surface area (Å²) in [5, 5.41) is 17.6. The number of amides is 2. The number of carbonyl (C=O) groups is 2. The summed E-state index contributed by atoms with van der Waals surface area (Å²) in [4.78, 5) is 31.6. The van der Waals surface area contributed by atoms with Gasteiger partial charge in [0.1, 0.15) is 11.6 Å². The molecule has 0 bridgehead atoms. The zero-order valence-corrected chi connectivity index (χ0v) is 22.1. The van der Waals surface area contributed by atoms with Crippen molar-refractivity contribution in [1.29, 1.82) is 0 Å². The third-order valence-electron chi connectivity index (χ3n) is 8.65. The van der Waals surface area contributed by atoms with E-state index in [1.54, 1.807) is 0 Å². The van der Waals surface area contributed by atoms with Crippen LogP contribution < -0.4 is 10.6 Å². The molecule has 0 unspecified atom stereocenters. The molecule has 0 radical (unpaired) electrons. The molecule has 0 aromatic heterocycles. The molecule has 1 spiro atoms. The van der Waals surface area contributed by atoms with Gasteiger partial charge in [-0.2, -0.15) is 0 Å². The number of likely N-dealkylation sites (tertiary alicyclic amines) is 1. The van der Waals surface area contributed by atoms with Gasteiger partial charge < -0.3 is 25.5 Å². The van der Waals surface area contributed by atoms with Crippen molar-refractivity contribution in [2.24, 2.45) is 5.92 Å². The molecule has 1 aromatic carbocycles. The minimum absolute atomic E-state index is 0.0511. The van der Waals surface area contributed by atoms with E-state index in [1.807, 2.05) is 23.1 Å². The quantitative estimate of drug-likeness (QED) is 0.405. The number of rotatable bonds is 11. The molecule has 7 nitrogen and oxygen atoms in total. The molecule has 2 atom stereocenters. The zero-order valence-electron chi connectivity index (χ0n) is 22.1. The van der Waals surface area contributed by atoms with Crippen LogP contribution >= 0.6 is 0 Å². The van der Waals surface area contributed by atoms with Gasteiger partial charge in [0.05, 0.1) is 6.10 Å². The summed E-state index contributed by atoms with van der Waals surface area (Å²) in [6.07, 6.45) is 9.88. The topological polar surface area (TPSA) is 84.9 Å². The number of benzene rings is 1. The number of nitrogens with zero attached hydrogens (tertiary/aromatic N) is 2. The van der Waals surface area contributed by atoms with Crippen LogP contribution in [0.3, 0.4) is 0 Å². The summed E-state index contributed by atoms with van der Waals surface area (Å²) >= 11 is 0. The zero-order chi connectivity index (χ0) is 25.4. The second kappa shape index (κ2) is 12.9. The number of hydrogen-bond donors (Lipinski definition) is 3. The molecule has 3 fully saturated rings. The van der Waals surface area contributed by atoms with Crippen LogP contribution in [0.2, 0.25) is 0 Å². The fourth-order valence-corrected chi connectivity index (χ4v) is 6.35. The number of piperidine rings is 1. The summed E-state index contributed by atoms with van der Waals surface area (Å²) in [7, 11) is 0. The summed E-state index contributed by atoms with van der Waals surface area (Å²) in [6, 6.07) is 9.49. The summed E-state index contributed by atoms with van der Waals surface area (Å²) < 4.78 is 0. The van der Waals surface area contributed by atoms with Gasteiger partial charge in [0.25, 0.3) is 0 Å². The van der Waals surface area contributed by atoms with Crippen molar-refractivity contribution in [1.82, 2.24) is 15.1 Å². The van der Waals surface area contributed by atoms with E-state index in [0.717, 1.165) is 83.2 Å². The van der Waals surface area contributed by atoms with Gasteiger partial charge in [0.15, 0.2) is 0 Å². The van der Waals surface area contributed by atoms with E-state index in [0.29, 0.717) is 19.4 Å². The molecule has 2 saturated heterocycles. The third-order valence-corrected chi connectivity index (χ3v) is 8.65. The Morgan fingerprint density at radius 1 is 1.03 bits per heavy atom. The number of aliphatic hydroxyl groups is 1. The maximum Gasteiger partial charge on any atom is 0.248 e. The molecule has 200 valence electrons. The van der Waals surface area contributed by atoms with E-state index in [-0.39, 0.29) is 17.7 Å². The van der Waals surface area contributed by atoms with Crippen LogP contribution in [0.15, 0.2) is 30.3 Å². The largest absolute Gasteiger partial charge is 0.390 e. The van der Waals surface area contributed by atoms with Crippen molar-refractivity contribution in [2.75, 3.05) is 38.0 Å². The molecule has 2 amide bonds. The van der Waals surface area contributed by atoms with Gasteiger partial charge in [0, 0.05) is 31.9 Å². The van der Waals surface area contributed by atoms with Gasteiger partial charge in [-0.3, -0.25) is 9.59 Å². The van der Waals surface area contributed by atoms with Crippen LogP contribution in [-0.2, 0) is 9.59 Å². The molecular formula is C29H46N4O3. The fraction of sp³-hybridized carbons (Fsp3) is 0.724. The maximum atomic E-state index is 13.7. The van der Waals surface area contributed by atoms with Crippen molar-refractivity contribution in [3.05, 3.63) is 30.3 Å². The lowest BCUT2D eigenvalue weighted by atomic mass is 9.78. The number of carbonyl (C=O) groups excluding carboxylic acids is 2. The van der Waals surface area contributed by atoms with E-state index >= 15 is 0 Å². The van der Waals surface area contributed by atoms with E-state index in [1.165, 1.54) is 6.42 Å². The van der Waals surface area contributed by atoms with E-state index in [4.69, 9.17) is 0 Å². The monoisotopic (exact) mass is 498 g/mol. The highest BCUT2D eigenvalue weighted by atomic mass is 16.3. The lowest BCUT2D eigenvalue weighted by Gasteiger charge is -2.52. The molecule has 1 aromatic rings. The van der Waals surface area contributed by atoms with Crippen molar-refractivity contribution in [3.63, 3.8) is 0 Å². The number of piperazine rings is 1. The highest BCUT2D eigenvalue weighted by Gasteiger charge is 2.55. The average molecular weight is 499 g/mol. The molecule has 2 heterocycles. The Morgan fingerprint density at radius 3 is 2.44 bits per heavy atom. The van der Waals surface area contributed by atoms with Gasteiger partial charge in [-0.1, -0.05) is 50.8 Å². The van der Waals surface area contributed by atoms with Crippen LogP contribution in [0.5, 0.6) is 0 Å². The first kappa shape index (κ1) is 26.9. The van der Waals surface area contributed by atoms with Crippen LogP contribution in [0.4, 0.5) is 5.69 Å². The van der Waals surface area contributed by atoms with Crippen molar-refractivity contribution in [3.8, 4) is 0 Å². The first-order chi connectivity index (χ1) is 17.5. The van der Waals surface area contributed by atoms with E-state index < -0.39 is 17.7 Å². The normalized spacial score (nSPS) is 24.1. The number of para-hydroxylation sites is 1. The molecule has 1 aliphatic carbocycles. The third kappa shape index (κ3) is 6.23. The number of aliphatic hydroxyl groups excluding tert-OH is 1. The number of anilines is 1. The summed E-state index contributed by atoms with van der Waals surface area (Å²) in [5.74, 6) is -0.0142. The molecule has 7 heteroatoms. The predicted octanol–water partition coefficient (Wildman–Crippen LogP) is 3.78. The minimum atomic E-state index is -0.793. The summed E-state index contributed by atoms with van der Waals surface area (Å²) in [5.41, 5.74) is 0.393. The fourth-order valence-electron chi connectivity index (χ4n) is 6.35. The van der Waals surface area contributed by atoms with E-state index in [9.17, 15) is 14.7 Å². The van der Waals surface area contributed by atoms with Gasteiger partial charge in [-0.25, -0.2) is 0 Å². The molecule has 1 saturated carbocycles. The number of nitrogens with one attached hydrogen (secondary N) is 2. The Balaban J connectivity index is 1.31. The average Bonchev–Trinajstić information content (AvgIpc) is 2.92. The minimum Gasteiger partial charge on any atom is -0.390 e. The smallest absolute Gasteiger partial charge is 0.248 e. The van der Waals surface area contributed by atoms with Crippen LogP contribution in [0.25, 0.3) is 0 Å². The molecule has 36 heavy (non-hydrogen) atoms. The second-order valence-electron chi connectivity index (χ2n) is 11.1. The molecule has 2 aliphatic heterocycles. The number of hydrogen-bond acceptors (Lipinski definition) is 5. The molecule has 4 rings (SSSR count). The van der Waals surface area contributed by atoms with E-state index in [2.05, 4.69) is 34.6 Å². The predicted molar refractivity (Wildman–Crippen MR) is 144 cm³/mol. The van der Waals surface area contributed by atoms with Crippen LogP contribution in [0.1, 0.15) is 77.6 Å². The Bertz CT molecular complexity index is 834. The van der Waals surface area contributed by atoms with Crippen molar-refractivity contribution >= 4 is 17.5 Å². The van der Waals surface area contributed by atoms with Crippen LogP contribution in [0, 0.1) is 5.92 Å². The highest BCUT2D eigenvalue weighted by Crippen LogP contribution is 2.36. The Labute approximate surface area is 217 Å². The molecule has 3 aliphatic rings. The maximum absolute atomic E-state index is 13.7. The lowest BCUT2D eigenvalue weighted by molar-refractivity contribution is -0.165. The first-order valence-corrected chi connectivity index (χ1v) is 14.4. The number of unbranched alkanes of at least 4 members (excludes halogenated alkanes) is 2. The Kier molecular flexibility index (Phi) is 9.66. The van der Waals surface area contributed by atoms with Crippen LogP contribution in [-0.4, -0.2) is 77.1 Å². The molecule has 3 N–H and O–H groups in total. The van der Waals surface area contributed by atoms with Crippen molar-refractivity contribution in [2.45, 2.75) is 95.2 Å². The van der Waals surface area contributed by atoms with Gasteiger partial charge in [-0.05, 0) is 69.5 Å². The highest BCUT2D eigenvalue weighted by molar-refractivity contribution is 6.00. The first-order valence-electron chi connectivity index (χ1n) is 14.4. The Hall–Kier alpha value is -2.12. The SMILES string of the molecule is CCCCN1C(=O)[C@@H]([C@H](O)C2CCCCC2)NC(=O)C12CCN(CCCCNc1ccccc1)CC2. The lowest BCUT2D eigenvalue weighted by Crippen LogP contribution is -2.75. The van der Waals surface area contributed by atoms with Gasteiger partial charge >= 0.3 is 0 Å². The molecular weight excluding hydrogens is 452 g/mol. The van der Waals surface area contributed by atoms with Crippen molar-refractivity contribution < 1.29 is 14.7 Å². The second-order valence-corrected chi connectivity index (χ2v) is 11.1. The van der Waals surface area contributed by atoms with Gasteiger partial charge in [-0.15, -0.1) is 0 Å².